The molecule has 3 aromatic rings. The number of nitrogens with two attached hydrogens (primary N) is 1. The predicted molar refractivity (Wildman–Crippen MR) is 138 cm³/mol. The highest BCUT2D eigenvalue weighted by Crippen LogP contribution is 2.36. The van der Waals surface area contributed by atoms with Gasteiger partial charge in [0, 0.05) is 12.1 Å². The maximum atomic E-state index is 12.5. The summed E-state index contributed by atoms with van der Waals surface area (Å²) in [7, 11) is -3.58. The van der Waals surface area contributed by atoms with Crippen molar-refractivity contribution in [2.45, 2.75) is 18.9 Å². The summed E-state index contributed by atoms with van der Waals surface area (Å²) in [6.07, 6.45) is 0.596. The number of amides is 1. The summed E-state index contributed by atoms with van der Waals surface area (Å²) in [5, 5.41) is 2.51. The van der Waals surface area contributed by atoms with Gasteiger partial charge < -0.3 is 30.3 Å². The summed E-state index contributed by atoms with van der Waals surface area (Å²) >= 11 is 0. The highest BCUT2D eigenvalue weighted by Gasteiger charge is 2.32. The Bertz CT molecular complexity index is 1270. The zero-order valence-corrected chi connectivity index (χ0v) is 21.3. The molecule has 0 spiro atoms. The summed E-state index contributed by atoms with van der Waals surface area (Å²) in [5.41, 5.74) is 7.68. The van der Waals surface area contributed by atoms with Gasteiger partial charge in [-0.25, -0.2) is 9.36 Å². The summed E-state index contributed by atoms with van der Waals surface area (Å²) in [4.78, 5) is 42.5. The van der Waals surface area contributed by atoms with Crippen molar-refractivity contribution in [2.24, 2.45) is 5.73 Å². The van der Waals surface area contributed by atoms with Gasteiger partial charge in [0.1, 0.15) is 16.9 Å². The number of hydrogen-bond donors (Lipinski definition) is 4. The third-order valence-electron chi connectivity index (χ3n) is 5.40. The van der Waals surface area contributed by atoms with Gasteiger partial charge in [-0.1, -0.05) is 54.6 Å². The molecule has 0 unspecified atom stereocenters. The number of nitrogens with one attached hydrogen (secondary N) is 1. The Hall–Kier alpha value is -3.53. The molecule has 1 atom stereocenters. The molecule has 0 aliphatic heterocycles. The molecule has 11 heteroatoms. The minimum Gasteiger partial charge on any atom is -0.492 e. The Kier molecular flexibility index (Phi) is 9.20. The molecule has 1 amide bonds. The van der Waals surface area contributed by atoms with Crippen LogP contribution in [0.5, 0.6) is 5.75 Å². The molecule has 0 heterocycles. The van der Waals surface area contributed by atoms with Gasteiger partial charge in [-0.15, -0.1) is 0 Å². The fourth-order valence-electron chi connectivity index (χ4n) is 3.33. The molecule has 10 nitrogen and oxygen atoms in total. The van der Waals surface area contributed by atoms with E-state index in [4.69, 9.17) is 25.0 Å². The second-order valence-corrected chi connectivity index (χ2v) is 9.74. The van der Waals surface area contributed by atoms with Crippen molar-refractivity contribution in [1.29, 1.82) is 0 Å². The number of hydrogen-bond acceptors (Lipinski definition) is 7. The van der Waals surface area contributed by atoms with E-state index in [0.29, 0.717) is 13.0 Å². The number of carbonyl (C=O) groups excluding carboxylic acids is 2. The normalized spacial score (nSPS) is 12.9. The van der Waals surface area contributed by atoms with E-state index in [-0.39, 0.29) is 17.0 Å². The average Bonchev–Trinajstić information content (AvgIpc) is 2.88. The van der Waals surface area contributed by atoms with Crippen LogP contribution in [0.1, 0.15) is 22.8 Å². The van der Waals surface area contributed by atoms with Gasteiger partial charge in [-0.3, -0.25) is 9.32 Å². The maximum Gasteiger partial charge on any atom is 0.469 e. The molecule has 0 aliphatic rings. The van der Waals surface area contributed by atoms with Crippen LogP contribution in [0.25, 0.3) is 11.1 Å². The minimum absolute atomic E-state index is 0.0879. The van der Waals surface area contributed by atoms with Gasteiger partial charge in [-0.05, 0) is 41.8 Å². The van der Waals surface area contributed by atoms with Gasteiger partial charge in [0.25, 0.3) is 0 Å². The molecule has 3 aromatic carbocycles. The Morgan fingerprint density at radius 1 is 1.00 bits per heavy atom. The van der Waals surface area contributed by atoms with Gasteiger partial charge in [0.15, 0.2) is 0 Å². The molecule has 0 aromatic heterocycles. The Labute approximate surface area is 214 Å². The van der Waals surface area contributed by atoms with Crippen LogP contribution < -0.4 is 15.8 Å². The first-order chi connectivity index (χ1) is 17.5. The van der Waals surface area contributed by atoms with Gasteiger partial charge in [0.05, 0.1) is 20.3 Å². The maximum absolute atomic E-state index is 12.5. The van der Waals surface area contributed by atoms with Crippen molar-refractivity contribution in [2.75, 3.05) is 25.6 Å². The van der Waals surface area contributed by atoms with E-state index in [0.717, 1.165) is 16.7 Å². The zero-order valence-electron chi connectivity index (χ0n) is 20.4. The quantitative estimate of drug-likeness (QED) is 0.216. The molecule has 0 radical (unpaired) electrons. The van der Waals surface area contributed by atoms with E-state index in [9.17, 15) is 14.2 Å². The van der Waals surface area contributed by atoms with Crippen LogP contribution in [0, 0.1) is 0 Å². The number of ether oxygens (including phenoxy) is 2. The zero-order chi connectivity index (χ0) is 27.1. The van der Waals surface area contributed by atoms with Crippen LogP contribution >= 0.6 is 7.82 Å². The smallest absolute Gasteiger partial charge is 0.469 e. The van der Waals surface area contributed by atoms with E-state index < -0.39 is 31.8 Å². The first kappa shape index (κ1) is 28.0. The molecule has 0 fully saturated rings. The molecule has 5 N–H and O–H groups in total. The van der Waals surface area contributed by atoms with Gasteiger partial charge in [-0.2, -0.15) is 0 Å². The van der Waals surface area contributed by atoms with Crippen LogP contribution in [0.4, 0.5) is 5.69 Å². The molecule has 0 aliphatic carbocycles. The predicted octanol–water partition coefficient (Wildman–Crippen LogP) is 3.53. The topological polar surface area (TPSA) is 157 Å². The highest BCUT2D eigenvalue weighted by molar-refractivity contribution is 7.46. The molecular formula is C26H29N2O8P. The molecule has 3 rings (SSSR count). The fourth-order valence-corrected chi connectivity index (χ4v) is 3.77. The second kappa shape index (κ2) is 12.1. The molecule has 0 saturated heterocycles. The Balaban J connectivity index is 1.64. The lowest BCUT2D eigenvalue weighted by Gasteiger charge is -2.23. The number of esters is 1. The average molecular weight is 528 g/mol. The molecule has 196 valence electrons. The van der Waals surface area contributed by atoms with E-state index in [1.165, 1.54) is 32.2 Å². The fraction of sp³-hybridized carbons (Fsp3) is 0.231. The largest absolute Gasteiger partial charge is 0.492 e. The Morgan fingerprint density at radius 3 is 2.27 bits per heavy atom. The number of methoxy groups -OCH3 is 1. The second-order valence-electron chi connectivity index (χ2n) is 8.50. The molecule has 0 saturated carbocycles. The van der Waals surface area contributed by atoms with Crippen molar-refractivity contribution < 1.29 is 37.9 Å². The third-order valence-corrected chi connectivity index (χ3v) is 5.87. The van der Waals surface area contributed by atoms with E-state index in [1.807, 2.05) is 54.6 Å². The summed E-state index contributed by atoms with van der Waals surface area (Å²) in [5.74, 6) is -1.17. The lowest BCUT2D eigenvalue weighted by Crippen LogP contribution is -2.52. The summed E-state index contributed by atoms with van der Waals surface area (Å²) in [6.45, 7) is 0.824. The van der Waals surface area contributed by atoms with Crippen LogP contribution in [0.3, 0.4) is 0 Å². The highest BCUT2D eigenvalue weighted by atomic mass is 31.2. The van der Waals surface area contributed by atoms with E-state index >= 15 is 0 Å². The molecule has 0 bridgehead atoms. The lowest BCUT2D eigenvalue weighted by atomic mass is 10.0. The Morgan fingerprint density at radius 2 is 1.65 bits per heavy atom. The summed E-state index contributed by atoms with van der Waals surface area (Å²) < 4.78 is 25.9. The first-order valence-corrected chi connectivity index (χ1v) is 12.8. The first-order valence-electron chi connectivity index (χ1n) is 11.3. The van der Waals surface area contributed by atoms with Crippen LogP contribution in [0.2, 0.25) is 0 Å². The van der Waals surface area contributed by atoms with Crippen molar-refractivity contribution >= 4 is 25.4 Å². The van der Waals surface area contributed by atoms with Crippen LogP contribution in [0.15, 0.2) is 72.8 Å². The SMILES string of the molecule is COC(=O)c1cc(NC(=O)[C@@](C)(N)COP(=O)(O)O)ccc1OCCc1ccc(-c2ccccc2)cc1. The summed E-state index contributed by atoms with van der Waals surface area (Å²) in [6, 6.07) is 22.5. The van der Waals surface area contributed by atoms with E-state index in [2.05, 4.69) is 9.84 Å². The molecule has 37 heavy (non-hydrogen) atoms. The minimum atomic E-state index is -4.80. The van der Waals surface area contributed by atoms with Crippen molar-refractivity contribution in [3.05, 3.63) is 83.9 Å². The van der Waals surface area contributed by atoms with E-state index in [1.54, 1.807) is 0 Å². The standard InChI is InChI=1S/C26H29N2O8P/c1-26(27,17-36-37(31,32)33)25(30)28-21-12-13-23(22(16-21)24(29)34-2)35-15-14-18-8-10-20(11-9-18)19-6-4-3-5-7-19/h3-13,16H,14-15,17,27H2,1-2H3,(H,28,30)(H2,31,32,33)/t26-/m0/s1. The number of phosphoric acid groups is 1. The van der Waals surface area contributed by atoms with Crippen LogP contribution in [-0.2, 0) is 25.0 Å². The lowest BCUT2D eigenvalue weighted by molar-refractivity contribution is -0.121. The number of anilines is 1. The molecular weight excluding hydrogens is 499 g/mol. The third kappa shape index (κ3) is 8.24. The number of rotatable bonds is 11. The number of carbonyl (C=O) groups is 2. The van der Waals surface area contributed by atoms with Crippen molar-refractivity contribution in [3.8, 4) is 16.9 Å². The van der Waals surface area contributed by atoms with Gasteiger partial charge >= 0.3 is 13.8 Å². The number of phosphoric ester groups is 1. The van der Waals surface area contributed by atoms with Crippen LogP contribution in [-0.4, -0.2) is 47.5 Å². The van der Waals surface area contributed by atoms with Crippen molar-refractivity contribution in [1.82, 2.24) is 0 Å². The van der Waals surface area contributed by atoms with Crippen molar-refractivity contribution in [3.63, 3.8) is 0 Å². The monoisotopic (exact) mass is 528 g/mol. The van der Waals surface area contributed by atoms with Gasteiger partial charge in [0.2, 0.25) is 5.91 Å². The number of benzene rings is 3.